The summed E-state index contributed by atoms with van der Waals surface area (Å²) in [5.74, 6) is 1.56. The fraction of sp³-hybridized carbons (Fsp3) is 0.357. The lowest BCUT2D eigenvalue weighted by Gasteiger charge is -2.27. The molecule has 0 spiro atoms. The number of anilines is 2. The molecule has 3 aliphatic heterocycles. The van der Waals surface area contributed by atoms with Crippen LogP contribution in [-0.4, -0.2) is 67.0 Å². The first-order valence-corrected chi connectivity index (χ1v) is 13.2. The Hall–Kier alpha value is -4.22. The lowest BCUT2D eigenvalue weighted by Crippen LogP contribution is -2.46. The van der Waals surface area contributed by atoms with E-state index in [1.54, 1.807) is 12.1 Å². The van der Waals surface area contributed by atoms with E-state index in [1.807, 2.05) is 30.3 Å². The third-order valence-electron chi connectivity index (χ3n) is 6.89. The molecular weight excluding hydrogens is 500 g/mol. The van der Waals surface area contributed by atoms with E-state index in [2.05, 4.69) is 38.1 Å². The van der Waals surface area contributed by atoms with Gasteiger partial charge in [-0.05, 0) is 55.8 Å². The van der Waals surface area contributed by atoms with Crippen LogP contribution in [0.25, 0.3) is 11.3 Å². The van der Waals surface area contributed by atoms with Crippen molar-refractivity contribution in [3.8, 4) is 22.9 Å². The molecule has 3 aromatic rings. The van der Waals surface area contributed by atoms with Gasteiger partial charge in [-0.3, -0.25) is 9.69 Å². The van der Waals surface area contributed by atoms with Crippen LogP contribution in [0.5, 0.6) is 11.6 Å². The molecular formula is C28H30N6O5. The van der Waals surface area contributed by atoms with Gasteiger partial charge in [-0.15, -0.1) is 0 Å². The summed E-state index contributed by atoms with van der Waals surface area (Å²) in [4.78, 5) is 34.6. The fourth-order valence-electron chi connectivity index (χ4n) is 4.63. The molecule has 11 nitrogen and oxygen atoms in total. The molecule has 0 radical (unpaired) electrons. The molecule has 0 aliphatic carbocycles. The topological polar surface area (TPSA) is 127 Å². The molecule has 0 saturated carbocycles. The van der Waals surface area contributed by atoms with Crippen molar-refractivity contribution < 1.29 is 23.8 Å². The van der Waals surface area contributed by atoms with Gasteiger partial charge in [0.25, 0.3) is 5.91 Å². The van der Waals surface area contributed by atoms with Crippen molar-refractivity contribution in [1.82, 2.24) is 20.6 Å². The molecule has 39 heavy (non-hydrogen) atoms. The number of hydrogen-bond acceptors (Lipinski definition) is 9. The van der Waals surface area contributed by atoms with Gasteiger partial charge in [-0.25, -0.2) is 14.8 Å². The van der Waals surface area contributed by atoms with Gasteiger partial charge in [0.05, 0.1) is 12.2 Å². The van der Waals surface area contributed by atoms with Gasteiger partial charge in [0.1, 0.15) is 18.5 Å². The summed E-state index contributed by atoms with van der Waals surface area (Å²) < 4.78 is 16.7. The minimum Gasteiger partial charge on any atom is -0.480 e. The third kappa shape index (κ3) is 5.94. The number of nitrogens with one attached hydrogen (secondary N) is 3. The molecule has 6 rings (SSSR count). The summed E-state index contributed by atoms with van der Waals surface area (Å²) in [6.45, 7) is 3.37. The van der Waals surface area contributed by atoms with Gasteiger partial charge in [0.2, 0.25) is 5.88 Å². The molecule has 1 aromatic carbocycles. The van der Waals surface area contributed by atoms with Crippen LogP contribution < -0.4 is 30.3 Å². The minimum absolute atomic E-state index is 0.0450. The second-order valence-electron chi connectivity index (χ2n) is 9.75. The second kappa shape index (κ2) is 11.3. The quantitative estimate of drug-likeness (QED) is 0.339. The number of aromatic nitrogens is 2. The van der Waals surface area contributed by atoms with Crippen molar-refractivity contribution in [1.29, 1.82) is 0 Å². The van der Waals surface area contributed by atoms with E-state index in [9.17, 15) is 9.59 Å². The summed E-state index contributed by atoms with van der Waals surface area (Å²) in [6.07, 6.45) is 1.08. The Morgan fingerprint density at radius 2 is 2.00 bits per heavy atom. The molecule has 3 N–H and O–H groups in total. The Kier molecular flexibility index (Phi) is 7.24. The SMILES string of the molecule is O=C1COc2ccc(N3C[C@H](CCNCc4cccc(-c5cccc(OC[C@H]6CCN6)n5)c4)OC3=O)nc2N1. The van der Waals surface area contributed by atoms with E-state index in [1.165, 1.54) is 4.90 Å². The first-order chi connectivity index (χ1) is 19.1. The molecule has 11 heteroatoms. The zero-order valence-electron chi connectivity index (χ0n) is 21.4. The van der Waals surface area contributed by atoms with Crippen molar-refractivity contribution in [2.45, 2.75) is 31.5 Å². The Morgan fingerprint density at radius 3 is 2.87 bits per heavy atom. The maximum absolute atomic E-state index is 12.5. The number of carbonyl (C=O) groups excluding carboxylic acids is 2. The molecule has 2 atom stereocenters. The predicted molar refractivity (Wildman–Crippen MR) is 144 cm³/mol. The molecule has 2 aromatic heterocycles. The van der Waals surface area contributed by atoms with E-state index in [-0.39, 0.29) is 18.6 Å². The average Bonchev–Trinajstić information content (AvgIpc) is 3.30. The highest BCUT2D eigenvalue weighted by Gasteiger charge is 2.33. The van der Waals surface area contributed by atoms with Crippen LogP contribution >= 0.6 is 0 Å². The van der Waals surface area contributed by atoms with Crippen LogP contribution in [0.15, 0.2) is 54.6 Å². The first-order valence-electron chi connectivity index (χ1n) is 13.2. The molecule has 0 bridgehead atoms. The van der Waals surface area contributed by atoms with E-state index in [0.717, 1.165) is 29.8 Å². The zero-order valence-corrected chi connectivity index (χ0v) is 21.4. The molecule has 202 valence electrons. The van der Waals surface area contributed by atoms with Crippen LogP contribution in [0, 0.1) is 0 Å². The molecule has 5 heterocycles. The standard InChI is InChI=1S/C28H30N6O5/c35-25-17-37-23-7-8-24(32-27(23)33-25)34-15-21(39-28(34)36)10-11-29-14-18-3-1-4-19(13-18)22-5-2-6-26(31-22)38-16-20-9-12-30-20/h1-8,13,20-21,29-30H,9-12,14-17H2,(H,32,33,35)/t20-,21+/m1/s1. The Bertz CT molecular complexity index is 1360. The highest BCUT2D eigenvalue weighted by molar-refractivity contribution is 5.95. The number of carbonyl (C=O) groups is 2. The fourth-order valence-corrected chi connectivity index (χ4v) is 4.63. The number of nitrogens with zero attached hydrogens (tertiary/aromatic N) is 3. The molecule has 2 saturated heterocycles. The Balaban J connectivity index is 0.989. The van der Waals surface area contributed by atoms with Crippen molar-refractivity contribution in [2.75, 3.05) is 43.1 Å². The van der Waals surface area contributed by atoms with E-state index >= 15 is 0 Å². The van der Waals surface area contributed by atoms with Crippen LogP contribution in [0.2, 0.25) is 0 Å². The van der Waals surface area contributed by atoms with Crippen LogP contribution in [0.4, 0.5) is 16.4 Å². The molecule has 3 aliphatic rings. The third-order valence-corrected chi connectivity index (χ3v) is 6.89. The largest absolute Gasteiger partial charge is 0.480 e. The number of hydrogen-bond donors (Lipinski definition) is 3. The Labute approximate surface area is 225 Å². The number of cyclic esters (lactones) is 1. The lowest BCUT2D eigenvalue weighted by atomic mass is 10.1. The number of rotatable bonds is 10. The van der Waals surface area contributed by atoms with Crippen molar-refractivity contribution in [3.05, 3.63) is 60.2 Å². The number of benzene rings is 1. The highest BCUT2D eigenvalue weighted by atomic mass is 16.6. The van der Waals surface area contributed by atoms with Crippen molar-refractivity contribution in [2.24, 2.45) is 0 Å². The molecule has 2 amide bonds. The smallest absolute Gasteiger partial charge is 0.415 e. The minimum atomic E-state index is -0.453. The number of ether oxygens (including phenoxy) is 3. The summed E-state index contributed by atoms with van der Waals surface area (Å²) in [7, 11) is 0. The molecule has 2 fully saturated rings. The maximum Gasteiger partial charge on any atom is 0.415 e. The number of fused-ring (bicyclic) bond motifs is 1. The normalized spacial score (nSPS) is 19.9. The van der Waals surface area contributed by atoms with Crippen LogP contribution in [-0.2, 0) is 16.1 Å². The lowest BCUT2D eigenvalue weighted by molar-refractivity contribution is -0.118. The maximum atomic E-state index is 12.5. The van der Waals surface area contributed by atoms with E-state index in [0.29, 0.717) is 62.0 Å². The summed E-state index contributed by atoms with van der Waals surface area (Å²) in [5, 5.41) is 9.43. The van der Waals surface area contributed by atoms with Crippen molar-refractivity contribution >= 4 is 23.6 Å². The Morgan fingerprint density at radius 1 is 1.10 bits per heavy atom. The molecule has 0 unspecified atom stereocenters. The zero-order chi connectivity index (χ0) is 26.6. The average molecular weight is 531 g/mol. The van der Waals surface area contributed by atoms with Gasteiger partial charge in [0, 0.05) is 24.2 Å². The van der Waals surface area contributed by atoms with Crippen LogP contribution in [0.1, 0.15) is 18.4 Å². The van der Waals surface area contributed by atoms with E-state index in [4.69, 9.17) is 14.2 Å². The number of amides is 2. The van der Waals surface area contributed by atoms with Gasteiger partial charge < -0.3 is 30.2 Å². The van der Waals surface area contributed by atoms with Crippen molar-refractivity contribution in [3.63, 3.8) is 0 Å². The van der Waals surface area contributed by atoms with Crippen LogP contribution in [0.3, 0.4) is 0 Å². The van der Waals surface area contributed by atoms with E-state index < -0.39 is 6.09 Å². The highest BCUT2D eigenvalue weighted by Crippen LogP contribution is 2.30. The summed E-state index contributed by atoms with van der Waals surface area (Å²) >= 11 is 0. The number of pyridine rings is 2. The first kappa shape index (κ1) is 25.1. The van der Waals surface area contributed by atoms with Gasteiger partial charge in [-0.2, -0.15) is 0 Å². The summed E-state index contributed by atoms with van der Waals surface area (Å²) in [5.41, 5.74) is 3.03. The van der Waals surface area contributed by atoms with Gasteiger partial charge in [-0.1, -0.05) is 24.3 Å². The monoisotopic (exact) mass is 530 g/mol. The predicted octanol–water partition coefficient (Wildman–Crippen LogP) is 2.72. The second-order valence-corrected chi connectivity index (χ2v) is 9.75. The van der Waals surface area contributed by atoms with Gasteiger partial charge >= 0.3 is 6.09 Å². The summed E-state index contributed by atoms with van der Waals surface area (Å²) in [6, 6.07) is 17.9. The van der Waals surface area contributed by atoms with Gasteiger partial charge in [0.15, 0.2) is 18.2 Å².